The molecule has 0 fully saturated rings. The minimum absolute atomic E-state index is 0.260. The molecule has 0 N–H and O–H groups in total. The van der Waals surface area contributed by atoms with Gasteiger partial charge in [-0.1, -0.05) is 55.5 Å². The van der Waals surface area contributed by atoms with E-state index in [1.165, 1.54) is 17.2 Å². The number of nitrogens with zero attached hydrogens (tertiary/aromatic N) is 1. The number of likely N-dealkylation sites (N-methyl/N-ethyl adjacent to an activating group) is 1. The van der Waals surface area contributed by atoms with Gasteiger partial charge in [0, 0.05) is 6.42 Å². The quantitative estimate of drug-likeness (QED) is 0.159. The Hall–Kier alpha value is -2.30. The SMILES string of the molecule is C=C(C)C(CC/C(C)=C/COCc1ccccc1)[N+](C)(C)/C=C/C=C(\[O-])OCC. The second-order valence-electron chi connectivity index (χ2n) is 7.84. The van der Waals surface area contributed by atoms with Crippen molar-refractivity contribution in [3.05, 3.63) is 84.0 Å². The maximum absolute atomic E-state index is 11.5. The van der Waals surface area contributed by atoms with Crippen molar-refractivity contribution in [2.75, 3.05) is 27.3 Å². The first-order valence-electron chi connectivity index (χ1n) is 10.2. The van der Waals surface area contributed by atoms with Crippen LogP contribution in [0.3, 0.4) is 0 Å². The maximum Gasteiger partial charge on any atom is 0.114 e. The smallest absolute Gasteiger partial charge is 0.114 e. The highest BCUT2D eigenvalue weighted by atomic mass is 16.6. The molecule has 0 bridgehead atoms. The second-order valence-corrected chi connectivity index (χ2v) is 7.84. The van der Waals surface area contributed by atoms with E-state index in [9.17, 15) is 5.11 Å². The minimum Gasteiger partial charge on any atom is -0.614 e. The molecule has 0 aliphatic rings. The summed E-state index contributed by atoms with van der Waals surface area (Å²) in [4.78, 5) is 0. The average molecular weight is 400 g/mol. The lowest BCUT2D eigenvalue weighted by molar-refractivity contribution is -0.860. The largest absolute Gasteiger partial charge is 0.614 e. The number of quaternary nitrogens is 1. The van der Waals surface area contributed by atoms with Crippen molar-refractivity contribution in [2.24, 2.45) is 0 Å². The Morgan fingerprint density at radius 3 is 2.52 bits per heavy atom. The van der Waals surface area contributed by atoms with Gasteiger partial charge in [-0.3, -0.25) is 4.48 Å². The topological polar surface area (TPSA) is 41.5 Å². The van der Waals surface area contributed by atoms with Crippen molar-refractivity contribution >= 4 is 0 Å². The zero-order valence-corrected chi connectivity index (χ0v) is 18.7. The molecule has 0 saturated carbocycles. The molecule has 29 heavy (non-hydrogen) atoms. The summed E-state index contributed by atoms with van der Waals surface area (Å²) in [5.41, 5.74) is 3.63. The van der Waals surface area contributed by atoms with Crippen LogP contribution in [-0.2, 0) is 16.1 Å². The molecule has 0 aromatic heterocycles. The fourth-order valence-electron chi connectivity index (χ4n) is 3.20. The number of hydrogen-bond acceptors (Lipinski definition) is 3. The Kier molecular flexibility index (Phi) is 11.1. The molecule has 1 atom stereocenters. The van der Waals surface area contributed by atoms with Gasteiger partial charge in [0.25, 0.3) is 0 Å². The number of hydrogen-bond donors (Lipinski definition) is 0. The molecule has 4 nitrogen and oxygen atoms in total. The second kappa shape index (κ2) is 13.0. The van der Waals surface area contributed by atoms with Crippen LogP contribution < -0.4 is 5.11 Å². The first-order valence-corrected chi connectivity index (χ1v) is 10.2. The predicted molar refractivity (Wildman–Crippen MR) is 119 cm³/mol. The van der Waals surface area contributed by atoms with Gasteiger partial charge in [-0.15, -0.1) is 0 Å². The van der Waals surface area contributed by atoms with Gasteiger partial charge >= 0.3 is 0 Å². The first kappa shape index (κ1) is 24.7. The fraction of sp³-hybridized carbons (Fsp3) is 0.440. The third-order valence-electron chi connectivity index (χ3n) is 4.83. The Morgan fingerprint density at radius 1 is 1.21 bits per heavy atom. The van der Waals surface area contributed by atoms with Crippen molar-refractivity contribution in [1.29, 1.82) is 0 Å². The van der Waals surface area contributed by atoms with Gasteiger partial charge in [0.15, 0.2) is 0 Å². The van der Waals surface area contributed by atoms with Crippen molar-refractivity contribution < 1.29 is 19.1 Å². The van der Waals surface area contributed by atoms with E-state index in [-0.39, 0.29) is 12.0 Å². The van der Waals surface area contributed by atoms with Crippen LogP contribution >= 0.6 is 0 Å². The van der Waals surface area contributed by atoms with Crippen molar-refractivity contribution in [3.8, 4) is 0 Å². The molecule has 1 rings (SSSR count). The van der Waals surface area contributed by atoms with Crippen LogP contribution in [-0.4, -0.2) is 37.8 Å². The summed E-state index contributed by atoms with van der Waals surface area (Å²) in [7, 11) is 4.24. The van der Waals surface area contributed by atoms with Crippen LogP contribution in [0.25, 0.3) is 0 Å². The highest BCUT2D eigenvalue weighted by Gasteiger charge is 2.26. The van der Waals surface area contributed by atoms with Crippen LogP contribution in [0.5, 0.6) is 0 Å². The number of rotatable bonds is 13. The van der Waals surface area contributed by atoms with E-state index in [0.717, 1.165) is 18.4 Å². The molecule has 0 aliphatic heterocycles. The molecule has 4 heteroatoms. The van der Waals surface area contributed by atoms with Gasteiger partial charge in [-0.2, -0.15) is 0 Å². The van der Waals surface area contributed by atoms with Crippen LogP contribution in [0.4, 0.5) is 0 Å². The highest BCUT2D eigenvalue weighted by Crippen LogP contribution is 2.22. The molecular weight excluding hydrogens is 362 g/mol. The van der Waals surface area contributed by atoms with Gasteiger partial charge < -0.3 is 14.6 Å². The summed E-state index contributed by atoms with van der Waals surface area (Å²) in [5.74, 6) is -0.315. The molecule has 1 aromatic carbocycles. The lowest BCUT2D eigenvalue weighted by Gasteiger charge is -2.35. The van der Waals surface area contributed by atoms with Crippen LogP contribution in [0, 0.1) is 0 Å². The first-order chi connectivity index (χ1) is 13.8. The zero-order valence-electron chi connectivity index (χ0n) is 18.7. The summed E-state index contributed by atoms with van der Waals surface area (Å²) in [5, 5.41) is 11.5. The monoisotopic (exact) mass is 399 g/mol. The predicted octanol–water partition coefficient (Wildman–Crippen LogP) is 4.70. The van der Waals surface area contributed by atoms with Gasteiger partial charge in [0.2, 0.25) is 0 Å². The van der Waals surface area contributed by atoms with Crippen LogP contribution in [0.2, 0.25) is 0 Å². The Balaban J connectivity index is 2.55. The van der Waals surface area contributed by atoms with E-state index in [1.807, 2.05) is 24.4 Å². The third-order valence-corrected chi connectivity index (χ3v) is 4.83. The Labute approximate surface area is 177 Å². The highest BCUT2D eigenvalue weighted by molar-refractivity contribution is 5.13. The van der Waals surface area contributed by atoms with Crippen LogP contribution in [0.15, 0.2) is 78.4 Å². The standard InChI is InChI=1S/C25H37NO3/c1-7-29-25(27)14-11-18-26(5,6)24(21(2)3)16-15-22(4)17-19-28-20-23-12-9-8-10-13-23/h8-14,17-18,24H,2,7,15-16,19-20H2,1,3-6H3/b18-11+,22-17+,25-14+. The van der Waals surface area contributed by atoms with Crippen molar-refractivity contribution in [1.82, 2.24) is 0 Å². The van der Waals surface area contributed by atoms with Crippen molar-refractivity contribution in [3.63, 3.8) is 0 Å². The van der Waals surface area contributed by atoms with Crippen molar-refractivity contribution in [2.45, 2.75) is 46.3 Å². The normalized spacial score (nSPS) is 14.2. The molecule has 160 valence electrons. The van der Waals surface area contributed by atoms with E-state index < -0.39 is 0 Å². The number of benzene rings is 1. The molecule has 0 spiro atoms. The summed E-state index contributed by atoms with van der Waals surface area (Å²) < 4.78 is 11.3. The molecule has 0 saturated heterocycles. The van der Waals surface area contributed by atoms with E-state index >= 15 is 0 Å². The molecule has 0 heterocycles. The van der Waals surface area contributed by atoms with E-state index in [2.05, 4.69) is 52.7 Å². The minimum atomic E-state index is -0.315. The molecule has 0 aliphatic carbocycles. The van der Waals surface area contributed by atoms with E-state index in [0.29, 0.717) is 24.3 Å². The van der Waals surface area contributed by atoms with Crippen LogP contribution in [0.1, 0.15) is 39.2 Å². The molecule has 1 unspecified atom stereocenters. The summed E-state index contributed by atoms with van der Waals surface area (Å²) in [6.07, 6.45) is 9.36. The molecule has 0 radical (unpaired) electrons. The maximum atomic E-state index is 11.5. The Bertz CT molecular complexity index is 702. The summed E-state index contributed by atoms with van der Waals surface area (Å²) >= 11 is 0. The molecular formula is C25H37NO3. The van der Waals surface area contributed by atoms with E-state index in [1.54, 1.807) is 13.0 Å². The van der Waals surface area contributed by atoms with Gasteiger partial charge in [-0.05, 0) is 50.2 Å². The van der Waals surface area contributed by atoms with Gasteiger partial charge in [-0.25, -0.2) is 0 Å². The Morgan fingerprint density at radius 2 is 1.90 bits per heavy atom. The van der Waals surface area contributed by atoms with Gasteiger partial charge in [0.05, 0.1) is 39.5 Å². The fourth-order valence-corrected chi connectivity index (χ4v) is 3.20. The average Bonchev–Trinajstić information content (AvgIpc) is 2.66. The third kappa shape index (κ3) is 10.2. The summed E-state index contributed by atoms with van der Waals surface area (Å²) in [6, 6.07) is 10.5. The lowest BCUT2D eigenvalue weighted by atomic mass is 9.98. The number of allylic oxidation sites excluding steroid dienone is 3. The zero-order chi connectivity index (χ0) is 21.7. The lowest BCUT2D eigenvalue weighted by Crippen LogP contribution is -2.44. The summed E-state index contributed by atoms with van der Waals surface area (Å²) in [6.45, 7) is 11.8. The van der Waals surface area contributed by atoms with E-state index in [4.69, 9.17) is 9.47 Å². The van der Waals surface area contributed by atoms with Gasteiger partial charge in [0.1, 0.15) is 6.04 Å². The number of ether oxygens (including phenoxy) is 2. The molecule has 0 amide bonds. The molecule has 1 aromatic rings.